The summed E-state index contributed by atoms with van der Waals surface area (Å²) in [5.74, 6) is 0. The Bertz CT molecular complexity index is 546. The lowest BCUT2D eigenvalue weighted by Crippen LogP contribution is -2.40. The Kier molecular flexibility index (Phi) is 3.98. The van der Waals surface area contributed by atoms with Gasteiger partial charge in [-0.1, -0.05) is 13.3 Å². The summed E-state index contributed by atoms with van der Waals surface area (Å²) in [5, 5.41) is 9.76. The second-order valence-electron chi connectivity index (χ2n) is 5.65. The second-order valence-corrected chi connectivity index (χ2v) is 7.33. The lowest BCUT2D eigenvalue weighted by molar-refractivity contribution is 0.166. The molecule has 1 aliphatic rings. The lowest BCUT2D eigenvalue weighted by Gasteiger charge is -2.38. The molecule has 19 heavy (non-hydrogen) atoms. The van der Waals surface area contributed by atoms with E-state index in [4.69, 9.17) is 0 Å². The molecule has 1 saturated carbocycles. The zero-order valence-corrected chi connectivity index (χ0v) is 12.5. The van der Waals surface area contributed by atoms with E-state index < -0.39 is 10.0 Å². The van der Waals surface area contributed by atoms with Crippen LogP contribution >= 0.6 is 0 Å². The van der Waals surface area contributed by atoms with E-state index >= 15 is 0 Å². The van der Waals surface area contributed by atoms with Crippen molar-refractivity contribution in [3.8, 4) is 0 Å². The Hall–Kier alpha value is -0.920. The van der Waals surface area contributed by atoms with Gasteiger partial charge in [-0.2, -0.15) is 5.10 Å². The molecular weight excluding hydrogens is 264 g/mol. The van der Waals surface area contributed by atoms with E-state index in [0.717, 1.165) is 18.5 Å². The highest BCUT2D eigenvalue weighted by molar-refractivity contribution is 7.89. The largest absolute Gasteiger partial charge is 0.316 e. The van der Waals surface area contributed by atoms with E-state index in [1.165, 1.54) is 6.42 Å². The van der Waals surface area contributed by atoms with Crippen molar-refractivity contribution in [3.63, 3.8) is 0 Å². The zero-order valence-electron chi connectivity index (χ0n) is 11.7. The van der Waals surface area contributed by atoms with Gasteiger partial charge in [-0.25, -0.2) is 13.1 Å². The lowest BCUT2D eigenvalue weighted by atomic mass is 9.71. The molecule has 0 radical (unpaired) electrons. The van der Waals surface area contributed by atoms with Crippen LogP contribution in [0.4, 0.5) is 0 Å². The SMILES string of the molecule is CNCc1c(S(=O)(=O)NCC2(C)CCC2)n[nH]c1C. The number of aromatic amines is 1. The highest BCUT2D eigenvalue weighted by Crippen LogP contribution is 2.39. The van der Waals surface area contributed by atoms with E-state index in [1.807, 2.05) is 6.92 Å². The Morgan fingerprint density at radius 2 is 2.11 bits per heavy atom. The van der Waals surface area contributed by atoms with Crippen LogP contribution in [0.5, 0.6) is 0 Å². The molecule has 7 heteroatoms. The smallest absolute Gasteiger partial charge is 0.260 e. The molecule has 0 amide bonds. The van der Waals surface area contributed by atoms with Gasteiger partial charge in [0.1, 0.15) is 0 Å². The van der Waals surface area contributed by atoms with Crippen molar-refractivity contribution in [2.45, 2.75) is 44.7 Å². The monoisotopic (exact) mass is 286 g/mol. The molecule has 2 rings (SSSR count). The molecule has 0 aromatic carbocycles. The van der Waals surface area contributed by atoms with E-state index in [0.29, 0.717) is 18.7 Å². The summed E-state index contributed by atoms with van der Waals surface area (Å²) in [4.78, 5) is 0. The third-order valence-corrected chi connectivity index (χ3v) is 5.26. The van der Waals surface area contributed by atoms with E-state index in [9.17, 15) is 8.42 Å². The van der Waals surface area contributed by atoms with Gasteiger partial charge in [0.25, 0.3) is 10.0 Å². The topological polar surface area (TPSA) is 86.9 Å². The molecule has 1 aromatic rings. The maximum absolute atomic E-state index is 12.3. The van der Waals surface area contributed by atoms with Crippen molar-refractivity contribution >= 4 is 10.0 Å². The fraction of sp³-hybridized carbons (Fsp3) is 0.750. The molecule has 0 aliphatic heterocycles. The van der Waals surface area contributed by atoms with Crippen LogP contribution in [0.3, 0.4) is 0 Å². The average Bonchev–Trinajstić information content (AvgIpc) is 2.68. The summed E-state index contributed by atoms with van der Waals surface area (Å²) in [5.41, 5.74) is 1.60. The first kappa shape index (κ1) is 14.5. The van der Waals surface area contributed by atoms with Crippen molar-refractivity contribution in [1.82, 2.24) is 20.2 Å². The first-order chi connectivity index (χ1) is 8.88. The maximum atomic E-state index is 12.3. The molecule has 1 aromatic heterocycles. The fourth-order valence-corrected chi connectivity index (χ4v) is 3.72. The van der Waals surface area contributed by atoms with Crippen LogP contribution in [0.15, 0.2) is 5.03 Å². The molecule has 1 heterocycles. The van der Waals surface area contributed by atoms with Crippen LogP contribution < -0.4 is 10.0 Å². The number of aryl methyl sites for hydroxylation is 1. The number of hydrogen-bond acceptors (Lipinski definition) is 4. The van der Waals surface area contributed by atoms with Gasteiger partial charge in [-0.3, -0.25) is 5.10 Å². The van der Waals surface area contributed by atoms with E-state index in [-0.39, 0.29) is 10.4 Å². The minimum atomic E-state index is -3.53. The van der Waals surface area contributed by atoms with Crippen LogP contribution in [0.25, 0.3) is 0 Å². The number of sulfonamides is 1. The first-order valence-electron chi connectivity index (χ1n) is 6.56. The first-order valence-corrected chi connectivity index (χ1v) is 8.04. The van der Waals surface area contributed by atoms with Gasteiger partial charge in [-0.05, 0) is 32.2 Å². The van der Waals surface area contributed by atoms with Gasteiger partial charge in [0.05, 0.1) is 0 Å². The van der Waals surface area contributed by atoms with Crippen molar-refractivity contribution in [2.75, 3.05) is 13.6 Å². The summed E-state index contributed by atoms with van der Waals surface area (Å²) < 4.78 is 27.3. The van der Waals surface area contributed by atoms with Gasteiger partial charge in [0, 0.05) is 24.3 Å². The molecule has 0 atom stereocenters. The van der Waals surface area contributed by atoms with Crippen LogP contribution in [-0.2, 0) is 16.6 Å². The minimum absolute atomic E-state index is 0.113. The van der Waals surface area contributed by atoms with E-state index in [2.05, 4.69) is 27.2 Å². The fourth-order valence-electron chi connectivity index (χ4n) is 2.33. The van der Waals surface area contributed by atoms with E-state index in [1.54, 1.807) is 7.05 Å². The van der Waals surface area contributed by atoms with Gasteiger partial charge in [-0.15, -0.1) is 0 Å². The van der Waals surface area contributed by atoms with Gasteiger partial charge < -0.3 is 5.32 Å². The maximum Gasteiger partial charge on any atom is 0.260 e. The minimum Gasteiger partial charge on any atom is -0.316 e. The molecule has 1 fully saturated rings. The predicted octanol–water partition coefficient (Wildman–Crippen LogP) is 0.906. The zero-order chi connectivity index (χ0) is 14.1. The van der Waals surface area contributed by atoms with Gasteiger partial charge in [0.15, 0.2) is 5.03 Å². The molecule has 0 spiro atoms. The van der Waals surface area contributed by atoms with Crippen LogP contribution in [0.1, 0.15) is 37.4 Å². The number of hydrogen-bond donors (Lipinski definition) is 3. The molecule has 1 aliphatic carbocycles. The summed E-state index contributed by atoms with van der Waals surface area (Å²) in [6, 6.07) is 0. The summed E-state index contributed by atoms with van der Waals surface area (Å²) in [6.07, 6.45) is 3.35. The summed E-state index contributed by atoms with van der Waals surface area (Å²) >= 11 is 0. The molecular formula is C12H22N4O2S. The van der Waals surface area contributed by atoms with Crippen molar-refractivity contribution in [1.29, 1.82) is 0 Å². The number of aromatic nitrogens is 2. The van der Waals surface area contributed by atoms with Crippen LogP contribution in [0, 0.1) is 12.3 Å². The Morgan fingerprint density at radius 3 is 2.63 bits per heavy atom. The quantitative estimate of drug-likeness (QED) is 0.725. The van der Waals surface area contributed by atoms with Gasteiger partial charge in [0.2, 0.25) is 0 Å². The molecule has 0 unspecified atom stereocenters. The summed E-state index contributed by atoms with van der Waals surface area (Å²) in [7, 11) is -1.75. The highest BCUT2D eigenvalue weighted by Gasteiger charge is 2.34. The average molecular weight is 286 g/mol. The molecule has 0 bridgehead atoms. The molecule has 3 N–H and O–H groups in total. The molecule has 6 nitrogen and oxygen atoms in total. The van der Waals surface area contributed by atoms with Gasteiger partial charge >= 0.3 is 0 Å². The normalized spacial score (nSPS) is 18.3. The standard InChI is InChI=1S/C12H22N4O2S/c1-9-10(7-13-3)11(16-15-9)19(17,18)14-8-12(2)5-4-6-12/h13-14H,4-8H2,1-3H3,(H,15,16). The summed E-state index contributed by atoms with van der Waals surface area (Å²) in [6.45, 7) is 4.91. The van der Waals surface area contributed by atoms with Crippen LogP contribution in [0.2, 0.25) is 0 Å². The predicted molar refractivity (Wildman–Crippen MR) is 73.2 cm³/mol. The van der Waals surface area contributed by atoms with Crippen molar-refractivity contribution in [3.05, 3.63) is 11.3 Å². The number of nitrogens with zero attached hydrogens (tertiary/aromatic N) is 1. The molecule has 0 saturated heterocycles. The third-order valence-electron chi connectivity index (χ3n) is 3.89. The molecule has 108 valence electrons. The Morgan fingerprint density at radius 1 is 1.42 bits per heavy atom. The highest BCUT2D eigenvalue weighted by atomic mass is 32.2. The van der Waals surface area contributed by atoms with Crippen molar-refractivity contribution in [2.24, 2.45) is 5.41 Å². The number of nitrogens with one attached hydrogen (secondary N) is 3. The Balaban J connectivity index is 2.14. The number of rotatable bonds is 6. The second kappa shape index (κ2) is 5.22. The van der Waals surface area contributed by atoms with Crippen LogP contribution in [-0.4, -0.2) is 32.2 Å². The number of H-pyrrole nitrogens is 1. The third kappa shape index (κ3) is 2.98. The van der Waals surface area contributed by atoms with Crippen molar-refractivity contribution < 1.29 is 8.42 Å². The Labute approximate surface area is 114 Å².